The van der Waals surface area contributed by atoms with Crippen molar-refractivity contribution in [2.24, 2.45) is 0 Å². The van der Waals surface area contributed by atoms with Gasteiger partial charge in [0, 0.05) is 35.8 Å². The molecule has 0 unspecified atom stereocenters. The lowest BCUT2D eigenvalue weighted by Crippen LogP contribution is -2.11. The van der Waals surface area contributed by atoms with Gasteiger partial charge in [-0.3, -0.25) is 19.4 Å². The number of hydrogen-bond donors (Lipinski definition) is 1. The van der Waals surface area contributed by atoms with Gasteiger partial charge in [0.15, 0.2) is 0 Å². The second kappa shape index (κ2) is 10.4. The highest BCUT2D eigenvalue weighted by molar-refractivity contribution is 6.40. The highest BCUT2D eigenvalue weighted by atomic mass is 35.5. The van der Waals surface area contributed by atoms with Crippen LogP contribution in [0.4, 0.5) is 5.69 Å². The largest absolute Gasteiger partial charge is 0.495 e. The normalized spacial score (nSPS) is 11.0. The summed E-state index contributed by atoms with van der Waals surface area (Å²) in [6.45, 7) is 6.33. The Kier molecular flexibility index (Phi) is 7.35. The minimum Gasteiger partial charge on any atom is -0.495 e. The van der Waals surface area contributed by atoms with E-state index in [1.54, 1.807) is 43.6 Å². The molecule has 0 saturated heterocycles. The first-order valence-corrected chi connectivity index (χ1v) is 11.4. The fourth-order valence-corrected chi connectivity index (χ4v) is 4.31. The molecule has 0 aliphatic rings. The number of halogens is 2. The number of carbonyl (C=O) groups excluding carboxylic acids is 1. The van der Waals surface area contributed by atoms with E-state index < -0.39 is 0 Å². The molecule has 0 aliphatic heterocycles. The minimum atomic E-state index is -0.341. The van der Waals surface area contributed by atoms with Crippen molar-refractivity contribution in [3.63, 3.8) is 0 Å². The molecule has 1 amide bonds. The summed E-state index contributed by atoms with van der Waals surface area (Å²) in [5.41, 5.74) is 3.83. The van der Waals surface area contributed by atoms with Gasteiger partial charge in [0.25, 0.3) is 0 Å². The van der Waals surface area contributed by atoms with E-state index in [2.05, 4.69) is 27.0 Å². The lowest BCUT2D eigenvalue weighted by atomic mass is 10.0. The van der Waals surface area contributed by atoms with Crippen LogP contribution in [0.25, 0.3) is 33.4 Å². The predicted molar refractivity (Wildman–Crippen MR) is 138 cm³/mol. The molecule has 0 saturated carbocycles. The van der Waals surface area contributed by atoms with E-state index in [1.807, 2.05) is 19.1 Å². The second-order valence-electron chi connectivity index (χ2n) is 7.70. The van der Waals surface area contributed by atoms with Crippen LogP contribution in [-0.2, 0) is 16.1 Å². The maximum Gasteiger partial charge on any atom is 0.247 e. The molecule has 0 bridgehead atoms. The fourth-order valence-electron chi connectivity index (χ4n) is 3.70. The van der Waals surface area contributed by atoms with Crippen molar-refractivity contribution < 1.29 is 14.3 Å². The molecule has 35 heavy (non-hydrogen) atoms. The van der Waals surface area contributed by atoms with Crippen LogP contribution >= 0.6 is 23.2 Å². The van der Waals surface area contributed by atoms with Crippen molar-refractivity contribution >= 4 is 45.6 Å². The Morgan fingerprint density at radius 1 is 1.09 bits per heavy atom. The second-order valence-corrected chi connectivity index (χ2v) is 8.46. The fraction of sp³-hybridized carbons (Fsp3) is 0.200. The van der Waals surface area contributed by atoms with Gasteiger partial charge in [-0.1, -0.05) is 29.8 Å². The Labute approximate surface area is 212 Å². The molecule has 4 aromatic rings. The van der Waals surface area contributed by atoms with Gasteiger partial charge in [0.05, 0.1) is 53.6 Å². The lowest BCUT2D eigenvalue weighted by Gasteiger charge is -2.14. The molecule has 3 aromatic heterocycles. The first-order chi connectivity index (χ1) is 16.9. The van der Waals surface area contributed by atoms with Gasteiger partial charge in [-0.15, -0.1) is 0 Å². The first kappa shape index (κ1) is 24.7. The number of anilines is 1. The van der Waals surface area contributed by atoms with Crippen molar-refractivity contribution in [3.05, 3.63) is 65.1 Å². The van der Waals surface area contributed by atoms with E-state index in [1.165, 1.54) is 6.08 Å². The van der Waals surface area contributed by atoms with E-state index in [4.69, 9.17) is 32.7 Å². The number of nitrogens with zero attached hydrogens (tertiary/aromatic N) is 4. The first-order valence-electron chi connectivity index (χ1n) is 10.6. The maximum atomic E-state index is 11.9. The zero-order valence-electron chi connectivity index (χ0n) is 19.4. The van der Waals surface area contributed by atoms with Crippen LogP contribution in [0.1, 0.15) is 5.56 Å². The van der Waals surface area contributed by atoms with Gasteiger partial charge in [-0.2, -0.15) is 5.10 Å². The number of hydrogen-bond acceptors (Lipinski definition) is 6. The van der Waals surface area contributed by atoms with Crippen molar-refractivity contribution in [3.8, 4) is 28.4 Å². The smallest absolute Gasteiger partial charge is 0.247 e. The Morgan fingerprint density at radius 2 is 1.77 bits per heavy atom. The third-order valence-electron chi connectivity index (χ3n) is 5.46. The van der Waals surface area contributed by atoms with Crippen LogP contribution in [0.3, 0.4) is 0 Å². The minimum absolute atomic E-state index is 0.341. The van der Waals surface area contributed by atoms with Crippen molar-refractivity contribution in [2.75, 3.05) is 26.1 Å². The van der Waals surface area contributed by atoms with Gasteiger partial charge in [-0.05, 0) is 36.8 Å². The standard InChI is InChI=1S/C25H23Cl2N5O3/c1-5-21(33)31-19-13-30-32(6-7-34-3)25(19)18-10-16-11-28-17(9-15(16)12-29-18)22-23(26)14(2)8-20(35-4)24(22)27/h5,8-13H,1,6-7H2,2-4H3,(H,31,33). The van der Waals surface area contributed by atoms with Crippen LogP contribution in [0.15, 0.2) is 49.4 Å². The number of ether oxygens (including phenoxy) is 2. The zero-order valence-corrected chi connectivity index (χ0v) is 20.9. The third-order valence-corrected chi connectivity index (χ3v) is 6.32. The molecule has 180 valence electrons. The number of fused-ring (bicyclic) bond motifs is 1. The quantitative estimate of drug-likeness (QED) is 0.311. The number of amides is 1. The number of pyridine rings is 2. The van der Waals surface area contributed by atoms with Crippen LogP contribution in [0, 0.1) is 6.92 Å². The van der Waals surface area contributed by atoms with Gasteiger partial charge in [0.1, 0.15) is 11.4 Å². The number of rotatable bonds is 8. The molecule has 10 heteroatoms. The molecule has 0 fully saturated rings. The molecule has 1 aromatic carbocycles. The summed E-state index contributed by atoms with van der Waals surface area (Å²) in [5.74, 6) is 0.185. The van der Waals surface area contributed by atoms with Crippen LogP contribution < -0.4 is 10.1 Å². The van der Waals surface area contributed by atoms with Crippen LogP contribution in [-0.4, -0.2) is 46.5 Å². The molecule has 0 radical (unpaired) electrons. The van der Waals surface area contributed by atoms with Crippen molar-refractivity contribution in [1.82, 2.24) is 19.7 Å². The molecule has 8 nitrogen and oxygen atoms in total. The summed E-state index contributed by atoms with van der Waals surface area (Å²) in [6.07, 6.45) is 6.24. The number of carbonyl (C=O) groups is 1. The Morgan fingerprint density at radius 3 is 2.43 bits per heavy atom. The van der Waals surface area contributed by atoms with Gasteiger partial charge >= 0.3 is 0 Å². The highest BCUT2D eigenvalue weighted by Gasteiger charge is 2.19. The zero-order chi connectivity index (χ0) is 25.1. The summed E-state index contributed by atoms with van der Waals surface area (Å²) in [6, 6.07) is 5.55. The van der Waals surface area contributed by atoms with E-state index >= 15 is 0 Å². The van der Waals surface area contributed by atoms with Crippen molar-refractivity contribution in [2.45, 2.75) is 13.5 Å². The number of aryl methyl sites for hydroxylation is 1. The van der Waals surface area contributed by atoms with Gasteiger partial charge in [-0.25, -0.2) is 0 Å². The molecular formula is C25H23Cl2N5O3. The number of nitrogens with one attached hydrogen (secondary N) is 1. The summed E-state index contributed by atoms with van der Waals surface area (Å²) in [7, 11) is 3.17. The average Bonchev–Trinajstić information content (AvgIpc) is 3.26. The Balaban J connectivity index is 1.80. The topological polar surface area (TPSA) is 91.2 Å². The molecule has 0 aliphatic carbocycles. The molecule has 0 spiro atoms. The number of benzene rings is 1. The molecule has 0 atom stereocenters. The summed E-state index contributed by atoms with van der Waals surface area (Å²) in [4.78, 5) is 21.2. The lowest BCUT2D eigenvalue weighted by molar-refractivity contribution is -0.111. The predicted octanol–water partition coefficient (Wildman–Crippen LogP) is 5.56. The molecular weight excluding hydrogens is 489 g/mol. The third kappa shape index (κ3) is 4.86. The Bertz CT molecular complexity index is 1430. The van der Waals surface area contributed by atoms with Crippen LogP contribution in [0.2, 0.25) is 10.0 Å². The number of methoxy groups -OCH3 is 2. The number of aromatic nitrogens is 4. The maximum absolute atomic E-state index is 11.9. The average molecular weight is 512 g/mol. The van der Waals surface area contributed by atoms with E-state index in [0.29, 0.717) is 57.3 Å². The van der Waals surface area contributed by atoms with Gasteiger partial charge in [0.2, 0.25) is 5.91 Å². The summed E-state index contributed by atoms with van der Waals surface area (Å²) >= 11 is 13.1. The summed E-state index contributed by atoms with van der Waals surface area (Å²) < 4.78 is 12.3. The molecule has 1 N–H and O–H groups in total. The SMILES string of the molecule is C=CC(=O)Nc1cnn(CCOC)c1-c1cc2cnc(-c3c(Cl)c(C)cc(OC)c3Cl)cc2cn1. The molecule has 4 rings (SSSR count). The van der Waals surface area contributed by atoms with Crippen molar-refractivity contribution in [1.29, 1.82) is 0 Å². The van der Waals surface area contributed by atoms with E-state index in [-0.39, 0.29) is 5.91 Å². The molecule has 3 heterocycles. The summed E-state index contributed by atoms with van der Waals surface area (Å²) in [5, 5.41) is 9.75. The van der Waals surface area contributed by atoms with Crippen LogP contribution in [0.5, 0.6) is 5.75 Å². The van der Waals surface area contributed by atoms with E-state index in [9.17, 15) is 4.79 Å². The Hall–Kier alpha value is -3.46. The monoisotopic (exact) mass is 511 g/mol. The highest BCUT2D eigenvalue weighted by Crippen LogP contribution is 2.42. The van der Waals surface area contributed by atoms with Gasteiger partial charge < -0.3 is 14.8 Å². The van der Waals surface area contributed by atoms with E-state index in [0.717, 1.165) is 16.3 Å².